The zero-order valence-corrected chi connectivity index (χ0v) is 8.79. The highest BCUT2D eigenvalue weighted by Gasteiger charge is 2.28. The molecule has 1 saturated heterocycles. The van der Waals surface area contributed by atoms with Crippen LogP contribution < -0.4 is 5.32 Å². The van der Waals surface area contributed by atoms with Crippen LogP contribution in [-0.2, 0) is 4.79 Å². The first-order chi connectivity index (χ1) is 6.69. The number of hydrogen-bond donors (Lipinski definition) is 1. The summed E-state index contributed by atoms with van der Waals surface area (Å²) in [6.45, 7) is 6.57. The van der Waals surface area contributed by atoms with Crippen molar-refractivity contribution in [1.29, 1.82) is 5.26 Å². The van der Waals surface area contributed by atoms with Crippen LogP contribution in [0.4, 0.5) is 0 Å². The van der Waals surface area contributed by atoms with Crippen molar-refractivity contribution in [2.75, 3.05) is 19.6 Å². The van der Waals surface area contributed by atoms with E-state index in [0.29, 0.717) is 5.92 Å². The lowest BCUT2D eigenvalue weighted by Gasteiger charge is -2.25. The summed E-state index contributed by atoms with van der Waals surface area (Å²) in [5.41, 5.74) is 0. The Morgan fingerprint density at radius 3 is 3.00 bits per heavy atom. The third kappa shape index (κ3) is 2.46. The zero-order valence-electron chi connectivity index (χ0n) is 8.79. The first-order valence-corrected chi connectivity index (χ1v) is 5.07. The number of nitriles is 1. The second-order valence-electron chi connectivity index (χ2n) is 3.82. The van der Waals surface area contributed by atoms with Gasteiger partial charge in [-0.2, -0.15) is 5.26 Å². The molecule has 0 aromatic heterocycles. The molecule has 2 atom stereocenters. The third-order valence-corrected chi connectivity index (χ3v) is 2.61. The van der Waals surface area contributed by atoms with E-state index in [1.165, 1.54) is 0 Å². The summed E-state index contributed by atoms with van der Waals surface area (Å²) >= 11 is 0. The van der Waals surface area contributed by atoms with E-state index in [2.05, 4.69) is 23.2 Å². The van der Waals surface area contributed by atoms with Crippen LogP contribution in [0.2, 0.25) is 0 Å². The van der Waals surface area contributed by atoms with Gasteiger partial charge in [-0.3, -0.25) is 9.69 Å². The van der Waals surface area contributed by atoms with Crippen LogP contribution in [0.1, 0.15) is 20.3 Å². The second-order valence-corrected chi connectivity index (χ2v) is 3.82. The lowest BCUT2D eigenvalue weighted by atomic mass is 10.1. The monoisotopic (exact) mass is 195 g/mol. The average Bonchev–Trinajstić information content (AvgIpc) is 2.31. The predicted molar refractivity (Wildman–Crippen MR) is 53.4 cm³/mol. The number of hydrogen-bond acceptors (Lipinski definition) is 3. The maximum atomic E-state index is 11.6. The fraction of sp³-hybridized carbons (Fsp3) is 0.800. The highest BCUT2D eigenvalue weighted by atomic mass is 16.2. The summed E-state index contributed by atoms with van der Waals surface area (Å²) in [7, 11) is 0. The highest BCUT2D eigenvalue weighted by molar-refractivity contribution is 5.82. The number of nitrogens with zero attached hydrogens (tertiary/aromatic N) is 2. The van der Waals surface area contributed by atoms with Crippen LogP contribution in [0.5, 0.6) is 0 Å². The van der Waals surface area contributed by atoms with E-state index >= 15 is 0 Å². The SMILES string of the molecule is CCN1CC(C)CNC(=O)C1CC#N. The van der Waals surface area contributed by atoms with E-state index in [0.717, 1.165) is 19.6 Å². The predicted octanol–water partition coefficient (Wildman–Crippen LogP) is 0.356. The molecular weight excluding hydrogens is 178 g/mol. The first-order valence-electron chi connectivity index (χ1n) is 5.07. The molecule has 1 fully saturated rings. The number of rotatable bonds is 2. The Morgan fingerprint density at radius 1 is 1.71 bits per heavy atom. The normalized spacial score (nSPS) is 29.1. The minimum atomic E-state index is -0.255. The van der Waals surface area contributed by atoms with Crippen LogP contribution in [-0.4, -0.2) is 36.5 Å². The average molecular weight is 195 g/mol. The molecule has 0 spiro atoms. The van der Waals surface area contributed by atoms with E-state index in [-0.39, 0.29) is 18.4 Å². The van der Waals surface area contributed by atoms with Gasteiger partial charge in [-0.25, -0.2) is 0 Å². The Hall–Kier alpha value is -1.08. The maximum absolute atomic E-state index is 11.6. The van der Waals surface area contributed by atoms with Gasteiger partial charge in [0.25, 0.3) is 0 Å². The molecule has 1 aliphatic heterocycles. The molecule has 4 nitrogen and oxygen atoms in total. The minimum Gasteiger partial charge on any atom is -0.354 e. The van der Waals surface area contributed by atoms with Crippen molar-refractivity contribution in [2.24, 2.45) is 5.92 Å². The van der Waals surface area contributed by atoms with Gasteiger partial charge < -0.3 is 5.32 Å². The topological polar surface area (TPSA) is 56.1 Å². The molecule has 0 bridgehead atoms. The van der Waals surface area contributed by atoms with Gasteiger partial charge in [0.15, 0.2) is 0 Å². The molecule has 1 rings (SSSR count). The summed E-state index contributed by atoms with van der Waals surface area (Å²) < 4.78 is 0. The minimum absolute atomic E-state index is 0.00208. The largest absolute Gasteiger partial charge is 0.354 e. The standard InChI is InChI=1S/C10H17N3O/c1-3-13-7-8(2)6-12-10(14)9(13)4-5-11/h8-9H,3-4,6-7H2,1-2H3,(H,12,14). The lowest BCUT2D eigenvalue weighted by molar-refractivity contribution is -0.125. The van der Waals surface area contributed by atoms with E-state index < -0.39 is 0 Å². The van der Waals surface area contributed by atoms with Gasteiger partial charge in [0.2, 0.25) is 5.91 Å². The smallest absolute Gasteiger partial charge is 0.238 e. The van der Waals surface area contributed by atoms with E-state index in [1.54, 1.807) is 0 Å². The molecular formula is C10H17N3O. The molecule has 2 unspecified atom stereocenters. The first kappa shape index (κ1) is 11.0. The molecule has 4 heteroatoms. The van der Waals surface area contributed by atoms with Crippen molar-refractivity contribution in [2.45, 2.75) is 26.3 Å². The van der Waals surface area contributed by atoms with E-state index in [9.17, 15) is 4.79 Å². The van der Waals surface area contributed by atoms with Crippen LogP contribution in [0, 0.1) is 17.2 Å². The maximum Gasteiger partial charge on any atom is 0.238 e. The van der Waals surface area contributed by atoms with Crippen molar-refractivity contribution in [3.05, 3.63) is 0 Å². The van der Waals surface area contributed by atoms with Gasteiger partial charge >= 0.3 is 0 Å². The van der Waals surface area contributed by atoms with Crippen LogP contribution in [0.3, 0.4) is 0 Å². The Balaban J connectivity index is 2.74. The van der Waals surface area contributed by atoms with Gasteiger partial charge in [0.1, 0.15) is 6.04 Å². The molecule has 0 saturated carbocycles. The Kier molecular flexibility index (Phi) is 3.90. The summed E-state index contributed by atoms with van der Waals surface area (Å²) in [4.78, 5) is 13.7. The van der Waals surface area contributed by atoms with Gasteiger partial charge in [0, 0.05) is 13.1 Å². The van der Waals surface area contributed by atoms with Crippen molar-refractivity contribution < 1.29 is 4.79 Å². The van der Waals surface area contributed by atoms with Crippen LogP contribution in [0.25, 0.3) is 0 Å². The summed E-state index contributed by atoms with van der Waals surface area (Å²) in [5.74, 6) is 0.459. The van der Waals surface area contributed by atoms with Crippen molar-refractivity contribution in [3.8, 4) is 6.07 Å². The lowest BCUT2D eigenvalue weighted by Crippen LogP contribution is -2.43. The van der Waals surface area contributed by atoms with Crippen molar-refractivity contribution in [3.63, 3.8) is 0 Å². The number of nitrogens with one attached hydrogen (secondary N) is 1. The second kappa shape index (κ2) is 4.97. The van der Waals surface area contributed by atoms with Gasteiger partial charge in [-0.15, -0.1) is 0 Å². The van der Waals surface area contributed by atoms with Gasteiger partial charge in [-0.1, -0.05) is 13.8 Å². The molecule has 1 heterocycles. The molecule has 0 aliphatic carbocycles. The molecule has 1 aliphatic rings. The zero-order chi connectivity index (χ0) is 10.6. The summed E-state index contributed by atoms with van der Waals surface area (Å²) in [6, 6.07) is 1.82. The number of likely N-dealkylation sites (N-methyl/N-ethyl adjacent to an activating group) is 1. The molecule has 0 aromatic carbocycles. The molecule has 1 N–H and O–H groups in total. The summed E-state index contributed by atoms with van der Waals surface area (Å²) in [5, 5.41) is 11.5. The Bertz CT molecular complexity index is 246. The van der Waals surface area contributed by atoms with Gasteiger partial charge in [-0.05, 0) is 12.5 Å². The van der Waals surface area contributed by atoms with Crippen molar-refractivity contribution in [1.82, 2.24) is 10.2 Å². The third-order valence-electron chi connectivity index (χ3n) is 2.61. The quantitative estimate of drug-likeness (QED) is 0.692. The molecule has 1 amide bonds. The fourth-order valence-electron chi connectivity index (χ4n) is 1.81. The summed E-state index contributed by atoms with van der Waals surface area (Å²) in [6.07, 6.45) is 0.284. The number of carbonyl (C=O) groups is 1. The van der Waals surface area contributed by atoms with Crippen LogP contribution in [0.15, 0.2) is 0 Å². The number of carbonyl (C=O) groups excluding carboxylic acids is 1. The molecule has 14 heavy (non-hydrogen) atoms. The van der Waals surface area contributed by atoms with Gasteiger partial charge in [0.05, 0.1) is 12.5 Å². The fourth-order valence-corrected chi connectivity index (χ4v) is 1.81. The highest BCUT2D eigenvalue weighted by Crippen LogP contribution is 2.11. The Labute approximate surface area is 84.9 Å². The molecule has 78 valence electrons. The molecule has 0 aromatic rings. The molecule has 0 radical (unpaired) electrons. The number of amides is 1. The van der Waals surface area contributed by atoms with Crippen molar-refractivity contribution >= 4 is 5.91 Å². The van der Waals surface area contributed by atoms with Crippen LogP contribution >= 0.6 is 0 Å². The van der Waals surface area contributed by atoms with E-state index in [4.69, 9.17) is 5.26 Å². The Morgan fingerprint density at radius 2 is 2.43 bits per heavy atom. The van der Waals surface area contributed by atoms with E-state index in [1.807, 2.05) is 6.92 Å².